The molecule has 0 bridgehead atoms. The van der Waals surface area contributed by atoms with Crippen molar-refractivity contribution in [3.8, 4) is 0 Å². The Morgan fingerprint density at radius 3 is 2.88 bits per heavy atom. The van der Waals surface area contributed by atoms with Crippen molar-refractivity contribution < 1.29 is 14.3 Å². The molecule has 4 rings (SSSR count). The van der Waals surface area contributed by atoms with Crippen molar-refractivity contribution in [2.45, 2.75) is 26.3 Å². The van der Waals surface area contributed by atoms with Crippen LogP contribution in [0.25, 0.3) is 5.78 Å². The molecule has 0 aliphatic carbocycles. The lowest BCUT2D eigenvalue weighted by Gasteiger charge is -2.22. The molecule has 2 aromatic heterocycles. The summed E-state index contributed by atoms with van der Waals surface area (Å²) in [5, 5.41) is 4.08. The Kier molecular flexibility index (Phi) is 3.87. The van der Waals surface area contributed by atoms with Gasteiger partial charge in [-0.15, -0.1) is 5.10 Å². The summed E-state index contributed by atoms with van der Waals surface area (Å²) in [6.45, 7) is 3.44. The summed E-state index contributed by atoms with van der Waals surface area (Å²) in [4.78, 5) is 34.5. The molecule has 3 heterocycles. The Hall–Kier alpha value is -3.29. The number of hydrogen-bond acceptors (Lipinski definition) is 6. The fourth-order valence-electron chi connectivity index (χ4n) is 3.20. The number of carbonyl (C=O) groups excluding carboxylic acids is 2. The van der Waals surface area contributed by atoms with Crippen molar-refractivity contribution in [1.29, 1.82) is 0 Å². The van der Waals surface area contributed by atoms with Gasteiger partial charge in [0.05, 0.1) is 0 Å². The maximum atomic E-state index is 12.6. The first-order valence-corrected chi connectivity index (χ1v) is 8.30. The lowest BCUT2D eigenvalue weighted by molar-refractivity contribution is -0.122. The van der Waals surface area contributed by atoms with Gasteiger partial charge < -0.3 is 9.64 Å². The number of aryl methyl sites for hydroxylation is 1. The summed E-state index contributed by atoms with van der Waals surface area (Å²) in [7, 11) is 0. The molecule has 8 heteroatoms. The van der Waals surface area contributed by atoms with E-state index in [-0.39, 0.29) is 24.4 Å². The van der Waals surface area contributed by atoms with Gasteiger partial charge in [-0.05, 0) is 38.0 Å². The Bertz CT molecular complexity index is 1010. The van der Waals surface area contributed by atoms with E-state index in [1.807, 2.05) is 38.1 Å². The van der Waals surface area contributed by atoms with Crippen LogP contribution in [-0.2, 0) is 16.0 Å². The van der Waals surface area contributed by atoms with E-state index in [2.05, 4.69) is 15.1 Å². The maximum absolute atomic E-state index is 12.6. The van der Waals surface area contributed by atoms with Crippen LogP contribution >= 0.6 is 0 Å². The average molecular weight is 351 g/mol. The SMILES string of the molecule is Cc1ccnc2nc(C(=O)OCC(=O)N3c4ccccc4CC3C)nn12. The number of hydrogen-bond donors (Lipinski definition) is 0. The highest BCUT2D eigenvalue weighted by atomic mass is 16.5. The van der Waals surface area contributed by atoms with E-state index in [0.717, 1.165) is 23.4 Å². The lowest BCUT2D eigenvalue weighted by atomic mass is 10.1. The molecule has 1 aliphatic heterocycles. The van der Waals surface area contributed by atoms with Crippen molar-refractivity contribution in [2.24, 2.45) is 0 Å². The molecule has 26 heavy (non-hydrogen) atoms. The number of nitrogens with zero attached hydrogens (tertiary/aromatic N) is 5. The lowest BCUT2D eigenvalue weighted by Crippen LogP contribution is -2.38. The summed E-state index contributed by atoms with van der Waals surface area (Å²) in [5.74, 6) is -0.822. The van der Waals surface area contributed by atoms with Crippen LogP contribution in [0.3, 0.4) is 0 Å². The number of para-hydroxylation sites is 1. The average Bonchev–Trinajstić information content (AvgIpc) is 3.20. The quantitative estimate of drug-likeness (QED) is 0.666. The topological polar surface area (TPSA) is 89.7 Å². The summed E-state index contributed by atoms with van der Waals surface area (Å²) in [6, 6.07) is 9.52. The predicted octanol–water partition coefficient (Wildman–Crippen LogP) is 1.57. The molecular formula is C18H17N5O3. The number of esters is 1. The number of benzene rings is 1. The number of anilines is 1. The summed E-state index contributed by atoms with van der Waals surface area (Å²) >= 11 is 0. The molecule has 132 valence electrons. The van der Waals surface area contributed by atoms with E-state index in [0.29, 0.717) is 5.78 Å². The minimum Gasteiger partial charge on any atom is -0.450 e. The van der Waals surface area contributed by atoms with Crippen LogP contribution in [0.15, 0.2) is 36.5 Å². The predicted molar refractivity (Wildman–Crippen MR) is 92.9 cm³/mol. The number of rotatable bonds is 3. The molecule has 3 aromatic rings. The van der Waals surface area contributed by atoms with Crippen LogP contribution in [-0.4, -0.2) is 44.1 Å². The van der Waals surface area contributed by atoms with Gasteiger partial charge in [-0.1, -0.05) is 18.2 Å². The van der Waals surface area contributed by atoms with E-state index in [1.165, 1.54) is 4.52 Å². The van der Waals surface area contributed by atoms with Crippen LogP contribution in [0.2, 0.25) is 0 Å². The van der Waals surface area contributed by atoms with E-state index < -0.39 is 5.97 Å². The van der Waals surface area contributed by atoms with Crippen molar-refractivity contribution >= 4 is 23.3 Å². The Morgan fingerprint density at radius 2 is 2.08 bits per heavy atom. The molecule has 1 atom stereocenters. The molecule has 8 nitrogen and oxygen atoms in total. The van der Waals surface area contributed by atoms with E-state index >= 15 is 0 Å². The van der Waals surface area contributed by atoms with Crippen LogP contribution in [0.1, 0.15) is 28.8 Å². The minimum absolute atomic E-state index is 0.0266. The molecule has 1 unspecified atom stereocenters. The van der Waals surface area contributed by atoms with Crippen molar-refractivity contribution in [2.75, 3.05) is 11.5 Å². The monoisotopic (exact) mass is 351 g/mol. The first-order valence-electron chi connectivity index (χ1n) is 8.30. The third-order valence-electron chi connectivity index (χ3n) is 4.42. The Labute approximate surface area is 149 Å². The van der Waals surface area contributed by atoms with Gasteiger partial charge in [0.2, 0.25) is 0 Å². The minimum atomic E-state index is -0.747. The van der Waals surface area contributed by atoms with Crippen molar-refractivity contribution in [3.63, 3.8) is 0 Å². The highest BCUT2D eigenvalue weighted by Crippen LogP contribution is 2.31. The number of aromatic nitrogens is 4. The first kappa shape index (κ1) is 16.2. The summed E-state index contributed by atoms with van der Waals surface area (Å²) in [5.41, 5.74) is 2.77. The van der Waals surface area contributed by atoms with E-state index in [9.17, 15) is 9.59 Å². The largest absolute Gasteiger partial charge is 0.450 e. The van der Waals surface area contributed by atoms with E-state index in [1.54, 1.807) is 17.2 Å². The summed E-state index contributed by atoms with van der Waals surface area (Å²) in [6.07, 6.45) is 2.37. The zero-order valence-electron chi connectivity index (χ0n) is 14.4. The fraction of sp³-hybridized carbons (Fsp3) is 0.278. The van der Waals surface area contributed by atoms with Crippen LogP contribution in [0.4, 0.5) is 5.69 Å². The third kappa shape index (κ3) is 2.69. The zero-order chi connectivity index (χ0) is 18.3. The highest BCUT2D eigenvalue weighted by molar-refractivity contribution is 5.98. The fourth-order valence-corrected chi connectivity index (χ4v) is 3.20. The van der Waals surface area contributed by atoms with E-state index in [4.69, 9.17) is 4.74 Å². The van der Waals surface area contributed by atoms with Gasteiger partial charge in [-0.25, -0.2) is 14.3 Å². The molecule has 0 spiro atoms. The van der Waals surface area contributed by atoms with Gasteiger partial charge in [0.15, 0.2) is 6.61 Å². The third-order valence-corrected chi connectivity index (χ3v) is 4.42. The zero-order valence-corrected chi connectivity index (χ0v) is 14.4. The first-order chi connectivity index (χ1) is 12.5. The van der Waals surface area contributed by atoms with Crippen LogP contribution in [0.5, 0.6) is 0 Å². The molecule has 0 saturated heterocycles. The molecule has 0 saturated carbocycles. The molecule has 0 fully saturated rings. The second-order valence-electron chi connectivity index (χ2n) is 6.26. The van der Waals surface area contributed by atoms with Gasteiger partial charge in [-0.3, -0.25) is 4.79 Å². The number of carbonyl (C=O) groups is 2. The smallest absolute Gasteiger partial charge is 0.378 e. The van der Waals surface area contributed by atoms with Gasteiger partial charge in [0, 0.05) is 23.6 Å². The number of amides is 1. The van der Waals surface area contributed by atoms with Gasteiger partial charge >= 0.3 is 5.97 Å². The molecule has 0 radical (unpaired) electrons. The number of fused-ring (bicyclic) bond motifs is 2. The number of ether oxygens (including phenoxy) is 1. The maximum Gasteiger partial charge on any atom is 0.378 e. The van der Waals surface area contributed by atoms with Gasteiger partial charge in [0.25, 0.3) is 17.5 Å². The molecule has 1 aromatic carbocycles. The second-order valence-corrected chi connectivity index (χ2v) is 6.26. The standard InChI is InChI=1S/C18H17N5O3/c1-11-7-8-19-18-20-16(21-23(11)18)17(25)26-10-15(24)22-12(2)9-13-5-3-4-6-14(13)22/h3-8,12H,9-10H2,1-2H3. The molecule has 1 aliphatic rings. The van der Waals surface area contributed by atoms with Crippen molar-refractivity contribution in [1.82, 2.24) is 19.6 Å². The van der Waals surface area contributed by atoms with Crippen LogP contribution in [0, 0.1) is 6.92 Å². The molecule has 0 N–H and O–H groups in total. The van der Waals surface area contributed by atoms with Crippen LogP contribution < -0.4 is 4.90 Å². The molecule has 1 amide bonds. The summed E-state index contributed by atoms with van der Waals surface area (Å²) < 4.78 is 6.59. The van der Waals surface area contributed by atoms with Gasteiger partial charge in [-0.2, -0.15) is 4.98 Å². The normalized spacial score (nSPS) is 15.9. The van der Waals surface area contributed by atoms with Crippen molar-refractivity contribution in [3.05, 3.63) is 53.6 Å². The van der Waals surface area contributed by atoms with Gasteiger partial charge in [0.1, 0.15) is 0 Å². The molecular weight excluding hydrogens is 334 g/mol. The Balaban J connectivity index is 1.47. The highest BCUT2D eigenvalue weighted by Gasteiger charge is 2.31. The Morgan fingerprint density at radius 1 is 1.27 bits per heavy atom. The second kappa shape index (κ2) is 6.21.